The van der Waals surface area contributed by atoms with Crippen LogP contribution in [0, 0.1) is 0 Å². The van der Waals surface area contributed by atoms with Gasteiger partial charge in [-0.25, -0.2) is 18.1 Å². The number of rotatable bonds is 7. The molecule has 7 heteroatoms. The van der Waals surface area contributed by atoms with Crippen molar-refractivity contribution in [3.05, 3.63) is 16.6 Å². The van der Waals surface area contributed by atoms with Crippen molar-refractivity contribution in [2.24, 2.45) is 0 Å². The van der Waals surface area contributed by atoms with Crippen molar-refractivity contribution in [3.8, 4) is 0 Å². The zero-order chi connectivity index (χ0) is 12.0. The summed E-state index contributed by atoms with van der Waals surface area (Å²) in [4.78, 5) is 4.02. The standard InChI is InChI=1S/C9H17N3O2S2/c1-3-10-4-8(2)16(13,14)12-5-9-6-15-7-11-9/h6-8,10,12H,3-5H2,1-2H3. The average Bonchev–Trinajstić information content (AvgIpc) is 2.76. The molecule has 0 aliphatic carbocycles. The molecule has 0 amide bonds. The maximum atomic E-state index is 11.8. The number of hydrogen-bond donors (Lipinski definition) is 2. The van der Waals surface area contributed by atoms with Crippen LogP contribution in [-0.4, -0.2) is 31.7 Å². The first kappa shape index (κ1) is 13.6. The number of aromatic nitrogens is 1. The van der Waals surface area contributed by atoms with Crippen LogP contribution in [0.1, 0.15) is 19.5 Å². The molecule has 2 N–H and O–H groups in total. The van der Waals surface area contributed by atoms with Gasteiger partial charge >= 0.3 is 0 Å². The Kier molecular flexibility index (Phi) is 5.33. The fourth-order valence-electron chi connectivity index (χ4n) is 1.10. The molecule has 0 bridgehead atoms. The highest BCUT2D eigenvalue weighted by atomic mass is 32.2. The molecule has 0 aliphatic heterocycles. The van der Waals surface area contributed by atoms with Crippen molar-refractivity contribution >= 4 is 21.4 Å². The Hall–Kier alpha value is -0.500. The van der Waals surface area contributed by atoms with Gasteiger partial charge in [0, 0.05) is 11.9 Å². The Balaban J connectivity index is 2.45. The molecule has 1 atom stereocenters. The third-order valence-corrected chi connectivity index (χ3v) is 4.56. The minimum atomic E-state index is -3.26. The molecule has 0 aromatic carbocycles. The minimum Gasteiger partial charge on any atom is -0.316 e. The van der Waals surface area contributed by atoms with E-state index in [0.717, 1.165) is 12.2 Å². The molecule has 0 aliphatic rings. The van der Waals surface area contributed by atoms with Crippen LogP contribution in [0.5, 0.6) is 0 Å². The Morgan fingerprint density at radius 3 is 2.88 bits per heavy atom. The number of nitrogens with one attached hydrogen (secondary N) is 2. The van der Waals surface area contributed by atoms with E-state index in [-0.39, 0.29) is 6.54 Å². The molecule has 1 heterocycles. The number of sulfonamides is 1. The summed E-state index contributed by atoms with van der Waals surface area (Å²) >= 11 is 1.45. The molecule has 1 unspecified atom stereocenters. The fraction of sp³-hybridized carbons (Fsp3) is 0.667. The SMILES string of the molecule is CCNCC(C)S(=O)(=O)NCc1cscn1. The van der Waals surface area contributed by atoms with Crippen molar-refractivity contribution in [2.75, 3.05) is 13.1 Å². The zero-order valence-corrected chi connectivity index (χ0v) is 11.1. The quantitative estimate of drug-likeness (QED) is 0.754. The van der Waals surface area contributed by atoms with E-state index in [0.29, 0.717) is 6.54 Å². The Morgan fingerprint density at radius 2 is 2.31 bits per heavy atom. The molecule has 5 nitrogen and oxygen atoms in total. The molecule has 0 radical (unpaired) electrons. The highest BCUT2D eigenvalue weighted by Crippen LogP contribution is 2.03. The van der Waals surface area contributed by atoms with Gasteiger partial charge in [0.2, 0.25) is 10.0 Å². The lowest BCUT2D eigenvalue weighted by molar-refractivity contribution is 0.559. The Bertz CT molecular complexity index is 389. The van der Waals surface area contributed by atoms with Gasteiger partial charge in [-0.15, -0.1) is 11.3 Å². The number of nitrogens with zero attached hydrogens (tertiary/aromatic N) is 1. The van der Waals surface area contributed by atoms with Crippen molar-refractivity contribution < 1.29 is 8.42 Å². The van der Waals surface area contributed by atoms with Gasteiger partial charge in [0.1, 0.15) is 0 Å². The fourth-order valence-corrected chi connectivity index (χ4v) is 2.63. The van der Waals surface area contributed by atoms with E-state index >= 15 is 0 Å². The van der Waals surface area contributed by atoms with E-state index in [4.69, 9.17) is 0 Å². The maximum Gasteiger partial charge on any atom is 0.215 e. The van der Waals surface area contributed by atoms with Gasteiger partial charge < -0.3 is 5.32 Å². The lowest BCUT2D eigenvalue weighted by Crippen LogP contribution is -2.38. The minimum absolute atomic E-state index is 0.266. The zero-order valence-electron chi connectivity index (χ0n) is 9.43. The predicted molar refractivity (Wildman–Crippen MR) is 65.9 cm³/mol. The molecule has 92 valence electrons. The third-order valence-electron chi connectivity index (χ3n) is 2.15. The van der Waals surface area contributed by atoms with Crippen LogP contribution < -0.4 is 10.0 Å². The van der Waals surface area contributed by atoms with Gasteiger partial charge in [0.25, 0.3) is 0 Å². The lowest BCUT2D eigenvalue weighted by atomic mass is 10.5. The summed E-state index contributed by atoms with van der Waals surface area (Å²) < 4.78 is 26.1. The van der Waals surface area contributed by atoms with Crippen LogP contribution >= 0.6 is 11.3 Å². The topological polar surface area (TPSA) is 71.1 Å². The molecule has 0 fully saturated rings. The first-order valence-electron chi connectivity index (χ1n) is 5.12. The lowest BCUT2D eigenvalue weighted by Gasteiger charge is -2.13. The summed E-state index contributed by atoms with van der Waals surface area (Å²) in [5, 5.41) is 4.41. The van der Waals surface area contributed by atoms with Crippen molar-refractivity contribution in [2.45, 2.75) is 25.6 Å². The molecule has 0 saturated carbocycles. The van der Waals surface area contributed by atoms with Gasteiger partial charge in [-0.05, 0) is 13.5 Å². The summed E-state index contributed by atoms with van der Waals surface area (Å²) in [6, 6.07) is 0. The van der Waals surface area contributed by atoms with Gasteiger partial charge in [-0.3, -0.25) is 0 Å². The van der Waals surface area contributed by atoms with E-state index in [9.17, 15) is 8.42 Å². The van der Waals surface area contributed by atoms with Crippen molar-refractivity contribution in [1.29, 1.82) is 0 Å². The van der Waals surface area contributed by atoms with Crippen LogP contribution in [0.4, 0.5) is 0 Å². The summed E-state index contributed by atoms with van der Waals surface area (Å²) in [7, 11) is -3.26. The van der Waals surface area contributed by atoms with E-state index in [1.807, 2.05) is 12.3 Å². The molecular weight excluding hydrogens is 246 g/mol. The van der Waals surface area contributed by atoms with Gasteiger partial charge in [0.15, 0.2) is 0 Å². The van der Waals surface area contributed by atoms with E-state index in [1.165, 1.54) is 11.3 Å². The highest BCUT2D eigenvalue weighted by Gasteiger charge is 2.19. The van der Waals surface area contributed by atoms with Gasteiger partial charge in [0.05, 0.1) is 23.0 Å². The molecule has 1 aromatic heterocycles. The molecule has 0 saturated heterocycles. The van der Waals surface area contributed by atoms with Crippen LogP contribution in [0.15, 0.2) is 10.9 Å². The normalized spacial score (nSPS) is 13.9. The maximum absolute atomic E-state index is 11.8. The summed E-state index contributed by atoms with van der Waals surface area (Å²) in [5.41, 5.74) is 2.44. The van der Waals surface area contributed by atoms with E-state index in [2.05, 4.69) is 15.0 Å². The second-order valence-corrected chi connectivity index (χ2v) is 6.37. The predicted octanol–water partition coefficient (Wildman–Crippen LogP) is 0.560. The summed E-state index contributed by atoms with van der Waals surface area (Å²) in [6.45, 7) is 5.13. The Morgan fingerprint density at radius 1 is 1.56 bits per heavy atom. The van der Waals surface area contributed by atoms with Crippen molar-refractivity contribution in [1.82, 2.24) is 15.0 Å². The molecule has 1 rings (SSSR count). The molecule has 1 aromatic rings. The highest BCUT2D eigenvalue weighted by molar-refractivity contribution is 7.90. The Labute approximate surface area is 100 Å². The summed E-state index contributed by atoms with van der Waals surface area (Å²) in [6.07, 6.45) is 0. The molecular formula is C9H17N3O2S2. The number of hydrogen-bond acceptors (Lipinski definition) is 5. The monoisotopic (exact) mass is 263 g/mol. The third kappa shape index (κ3) is 4.17. The van der Waals surface area contributed by atoms with Gasteiger partial charge in [-0.2, -0.15) is 0 Å². The smallest absolute Gasteiger partial charge is 0.215 e. The van der Waals surface area contributed by atoms with Gasteiger partial charge in [-0.1, -0.05) is 6.92 Å². The van der Waals surface area contributed by atoms with Crippen LogP contribution in [0.25, 0.3) is 0 Å². The largest absolute Gasteiger partial charge is 0.316 e. The second-order valence-electron chi connectivity index (χ2n) is 3.46. The first-order valence-corrected chi connectivity index (χ1v) is 7.61. The second kappa shape index (κ2) is 6.29. The number of thiazole rings is 1. The van der Waals surface area contributed by atoms with E-state index in [1.54, 1.807) is 12.4 Å². The van der Waals surface area contributed by atoms with Crippen LogP contribution in [0.3, 0.4) is 0 Å². The molecule has 0 spiro atoms. The van der Waals surface area contributed by atoms with Crippen LogP contribution in [0.2, 0.25) is 0 Å². The average molecular weight is 263 g/mol. The summed E-state index contributed by atoms with van der Waals surface area (Å²) in [5.74, 6) is 0. The van der Waals surface area contributed by atoms with E-state index < -0.39 is 15.3 Å². The molecule has 16 heavy (non-hydrogen) atoms. The first-order chi connectivity index (χ1) is 7.56. The van der Waals surface area contributed by atoms with Crippen LogP contribution in [-0.2, 0) is 16.6 Å². The van der Waals surface area contributed by atoms with Crippen molar-refractivity contribution in [3.63, 3.8) is 0 Å².